The van der Waals surface area contributed by atoms with Gasteiger partial charge in [-0.1, -0.05) is 12.1 Å². The van der Waals surface area contributed by atoms with Crippen molar-refractivity contribution in [2.45, 2.75) is 0 Å². The molecule has 2 aromatic rings. The van der Waals surface area contributed by atoms with Crippen molar-refractivity contribution in [2.24, 2.45) is 0 Å². The van der Waals surface area contributed by atoms with Crippen molar-refractivity contribution in [2.75, 3.05) is 5.73 Å². The molecule has 0 radical (unpaired) electrons. The molecule has 0 unspecified atom stereocenters. The van der Waals surface area contributed by atoms with Crippen LogP contribution in [0.4, 0.5) is 5.69 Å². The maximum absolute atomic E-state index is 9.54. The number of hydrogen-bond acceptors (Lipinski definition) is 3. The zero-order chi connectivity index (χ0) is 9.97. The van der Waals surface area contributed by atoms with E-state index in [2.05, 4.69) is 4.98 Å². The fourth-order valence-electron chi connectivity index (χ4n) is 1.26. The van der Waals surface area contributed by atoms with Crippen molar-refractivity contribution in [3.05, 3.63) is 42.6 Å². The molecule has 3 N–H and O–H groups in total. The van der Waals surface area contributed by atoms with E-state index in [1.165, 1.54) is 0 Å². The SMILES string of the molecule is Cl.Nc1ccc(-c2ncccc2O)cc1. The Morgan fingerprint density at radius 2 is 1.73 bits per heavy atom. The second-order valence-electron chi connectivity index (χ2n) is 2.99. The van der Waals surface area contributed by atoms with Gasteiger partial charge in [-0.25, -0.2) is 0 Å². The third kappa shape index (κ3) is 2.39. The standard InChI is InChI=1S/C11H10N2O.ClH/c12-9-5-3-8(4-6-9)11-10(14)2-1-7-13-11;/h1-7,14H,12H2;1H. The van der Waals surface area contributed by atoms with Crippen molar-refractivity contribution in [1.29, 1.82) is 0 Å². The van der Waals surface area contributed by atoms with E-state index in [4.69, 9.17) is 5.73 Å². The van der Waals surface area contributed by atoms with Crippen LogP contribution in [0.3, 0.4) is 0 Å². The lowest BCUT2D eigenvalue weighted by molar-refractivity contribution is 0.475. The van der Waals surface area contributed by atoms with Crippen molar-refractivity contribution in [3.63, 3.8) is 0 Å². The fraction of sp³-hybridized carbons (Fsp3) is 0. The molecule has 15 heavy (non-hydrogen) atoms. The second-order valence-corrected chi connectivity index (χ2v) is 2.99. The van der Waals surface area contributed by atoms with Crippen LogP contribution >= 0.6 is 12.4 Å². The molecule has 0 aliphatic rings. The van der Waals surface area contributed by atoms with Gasteiger partial charge in [0.1, 0.15) is 11.4 Å². The van der Waals surface area contributed by atoms with E-state index >= 15 is 0 Å². The number of nitrogens with two attached hydrogens (primary N) is 1. The van der Waals surface area contributed by atoms with Crippen molar-refractivity contribution >= 4 is 18.1 Å². The van der Waals surface area contributed by atoms with Gasteiger partial charge in [0.25, 0.3) is 0 Å². The Morgan fingerprint density at radius 3 is 2.33 bits per heavy atom. The van der Waals surface area contributed by atoms with Gasteiger partial charge in [0.05, 0.1) is 0 Å². The number of hydrogen-bond donors (Lipinski definition) is 2. The summed E-state index contributed by atoms with van der Waals surface area (Å²) in [5.74, 6) is 0.178. The Hall–Kier alpha value is -1.74. The summed E-state index contributed by atoms with van der Waals surface area (Å²) < 4.78 is 0. The van der Waals surface area contributed by atoms with Crippen LogP contribution in [0.25, 0.3) is 11.3 Å². The molecule has 4 heteroatoms. The van der Waals surface area contributed by atoms with Crippen molar-refractivity contribution in [1.82, 2.24) is 4.98 Å². The van der Waals surface area contributed by atoms with Crippen LogP contribution in [0.1, 0.15) is 0 Å². The van der Waals surface area contributed by atoms with Crippen molar-refractivity contribution < 1.29 is 5.11 Å². The summed E-state index contributed by atoms with van der Waals surface area (Å²) in [6.07, 6.45) is 1.64. The summed E-state index contributed by atoms with van der Waals surface area (Å²) in [5.41, 5.74) is 7.69. The maximum atomic E-state index is 9.54. The predicted molar refractivity (Wildman–Crippen MR) is 63.0 cm³/mol. The van der Waals surface area contributed by atoms with E-state index in [0.717, 1.165) is 5.56 Å². The highest BCUT2D eigenvalue weighted by Crippen LogP contribution is 2.26. The first-order valence-electron chi connectivity index (χ1n) is 4.27. The first kappa shape index (κ1) is 11.3. The number of aromatic hydroxyl groups is 1. The first-order valence-corrected chi connectivity index (χ1v) is 4.27. The molecule has 0 fully saturated rings. The number of halogens is 1. The number of anilines is 1. The maximum Gasteiger partial charge on any atom is 0.141 e. The van der Waals surface area contributed by atoms with Crippen LogP contribution in [-0.2, 0) is 0 Å². The Bertz CT molecular complexity index is 443. The molecule has 1 aromatic heterocycles. The quantitative estimate of drug-likeness (QED) is 0.729. The number of pyridine rings is 1. The molecule has 1 heterocycles. The molecule has 0 atom stereocenters. The zero-order valence-electron chi connectivity index (χ0n) is 7.92. The van der Waals surface area contributed by atoms with Gasteiger partial charge in [-0.2, -0.15) is 0 Å². The van der Waals surface area contributed by atoms with Crippen LogP contribution in [0.5, 0.6) is 5.75 Å². The number of aromatic nitrogens is 1. The fourth-order valence-corrected chi connectivity index (χ4v) is 1.26. The van der Waals surface area contributed by atoms with E-state index in [9.17, 15) is 5.11 Å². The van der Waals surface area contributed by atoms with Crippen LogP contribution in [0.2, 0.25) is 0 Å². The summed E-state index contributed by atoms with van der Waals surface area (Å²) in [7, 11) is 0. The Balaban J connectivity index is 0.00000112. The second kappa shape index (κ2) is 4.66. The lowest BCUT2D eigenvalue weighted by atomic mass is 10.1. The summed E-state index contributed by atoms with van der Waals surface area (Å²) in [4.78, 5) is 4.09. The molecule has 1 aromatic carbocycles. The van der Waals surface area contributed by atoms with Gasteiger partial charge in [-0.15, -0.1) is 12.4 Å². The topological polar surface area (TPSA) is 59.1 Å². The van der Waals surface area contributed by atoms with Crippen molar-refractivity contribution in [3.8, 4) is 17.0 Å². The molecule has 0 amide bonds. The van der Waals surface area contributed by atoms with Gasteiger partial charge in [0.2, 0.25) is 0 Å². The molecule has 0 aliphatic heterocycles. The smallest absolute Gasteiger partial charge is 0.141 e. The number of nitrogen functional groups attached to an aromatic ring is 1. The predicted octanol–water partition coefficient (Wildman–Crippen LogP) is 2.46. The van der Waals surface area contributed by atoms with E-state index in [-0.39, 0.29) is 18.2 Å². The van der Waals surface area contributed by atoms with Crippen LogP contribution in [0.15, 0.2) is 42.6 Å². The van der Waals surface area contributed by atoms with E-state index in [1.807, 2.05) is 12.1 Å². The molecule has 78 valence electrons. The van der Waals surface area contributed by atoms with Gasteiger partial charge >= 0.3 is 0 Å². The lowest BCUT2D eigenvalue weighted by Crippen LogP contribution is -1.86. The third-order valence-corrected chi connectivity index (χ3v) is 1.97. The van der Waals surface area contributed by atoms with Gasteiger partial charge in [0.15, 0.2) is 0 Å². The highest BCUT2D eigenvalue weighted by atomic mass is 35.5. The molecule has 0 saturated heterocycles. The molecule has 0 saturated carbocycles. The largest absolute Gasteiger partial charge is 0.506 e. The minimum absolute atomic E-state index is 0. The Morgan fingerprint density at radius 1 is 1.07 bits per heavy atom. The number of nitrogens with zero attached hydrogens (tertiary/aromatic N) is 1. The van der Waals surface area contributed by atoms with Gasteiger partial charge in [0, 0.05) is 17.4 Å². The minimum Gasteiger partial charge on any atom is -0.506 e. The summed E-state index contributed by atoms with van der Waals surface area (Å²) in [6.45, 7) is 0. The van der Waals surface area contributed by atoms with E-state index in [1.54, 1.807) is 30.5 Å². The molecular weight excluding hydrogens is 212 g/mol. The lowest BCUT2D eigenvalue weighted by Gasteiger charge is -2.02. The Labute approximate surface area is 94.0 Å². The van der Waals surface area contributed by atoms with Gasteiger partial charge in [-0.05, 0) is 24.3 Å². The molecule has 0 spiro atoms. The first-order chi connectivity index (χ1) is 6.77. The summed E-state index contributed by atoms with van der Waals surface area (Å²) >= 11 is 0. The number of rotatable bonds is 1. The summed E-state index contributed by atoms with van der Waals surface area (Å²) in [6, 6.07) is 10.5. The van der Waals surface area contributed by atoms with Gasteiger partial charge in [-0.3, -0.25) is 4.98 Å². The average Bonchev–Trinajstić information content (AvgIpc) is 2.20. The highest BCUT2D eigenvalue weighted by Gasteiger charge is 2.03. The van der Waals surface area contributed by atoms with Gasteiger partial charge < -0.3 is 10.8 Å². The van der Waals surface area contributed by atoms with Crippen LogP contribution in [-0.4, -0.2) is 10.1 Å². The third-order valence-electron chi connectivity index (χ3n) is 1.97. The normalized spacial score (nSPS) is 9.33. The highest BCUT2D eigenvalue weighted by molar-refractivity contribution is 5.85. The average molecular weight is 223 g/mol. The number of benzene rings is 1. The van der Waals surface area contributed by atoms with Crippen LogP contribution in [0, 0.1) is 0 Å². The van der Waals surface area contributed by atoms with E-state index < -0.39 is 0 Å². The zero-order valence-corrected chi connectivity index (χ0v) is 8.74. The monoisotopic (exact) mass is 222 g/mol. The minimum atomic E-state index is 0. The molecule has 2 rings (SSSR count). The summed E-state index contributed by atoms with van der Waals surface area (Å²) in [5, 5.41) is 9.54. The van der Waals surface area contributed by atoms with Crippen LogP contribution < -0.4 is 5.73 Å². The van der Waals surface area contributed by atoms with E-state index in [0.29, 0.717) is 11.4 Å². The Kier molecular flexibility index (Phi) is 3.52. The molecule has 3 nitrogen and oxygen atoms in total. The molecule has 0 aliphatic carbocycles. The molecular formula is C11H11ClN2O. The molecule has 0 bridgehead atoms.